The summed E-state index contributed by atoms with van der Waals surface area (Å²) in [5.74, 6) is 0.337. The smallest absolute Gasteiger partial charge is 0.323 e. The van der Waals surface area contributed by atoms with Gasteiger partial charge in [-0.25, -0.2) is 0 Å². The highest BCUT2D eigenvalue weighted by atomic mass is 16.5. The van der Waals surface area contributed by atoms with Crippen LogP contribution >= 0.6 is 0 Å². The Balaban J connectivity index is 1.69. The molecule has 0 aromatic heterocycles. The van der Waals surface area contributed by atoms with Crippen LogP contribution in [0.5, 0.6) is 0 Å². The molecule has 0 aromatic carbocycles. The highest BCUT2D eigenvalue weighted by Crippen LogP contribution is 2.14. The van der Waals surface area contributed by atoms with E-state index in [0.717, 1.165) is 39.0 Å². The Labute approximate surface area is 96.7 Å². The van der Waals surface area contributed by atoms with Gasteiger partial charge in [0.05, 0.1) is 13.2 Å². The third kappa shape index (κ3) is 3.46. The maximum Gasteiger partial charge on any atom is 0.323 e. The molecule has 0 spiro atoms. The molecule has 2 saturated heterocycles. The Hall–Kier alpha value is -0.610. The van der Waals surface area contributed by atoms with Crippen molar-refractivity contribution < 1.29 is 14.3 Å². The zero-order chi connectivity index (χ0) is 11.2. The molecule has 2 unspecified atom stereocenters. The van der Waals surface area contributed by atoms with E-state index >= 15 is 0 Å². The molecule has 0 saturated carbocycles. The summed E-state index contributed by atoms with van der Waals surface area (Å²) < 4.78 is 10.6. The molecule has 4 heteroatoms. The average Bonchev–Trinajstić information content (AvgIpc) is 2.66. The molecule has 0 amide bonds. The van der Waals surface area contributed by atoms with Gasteiger partial charge in [0.15, 0.2) is 0 Å². The Morgan fingerprint density at radius 2 is 2.25 bits per heavy atom. The first-order valence-electron chi connectivity index (χ1n) is 6.34. The lowest BCUT2D eigenvalue weighted by Crippen LogP contribution is -2.38. The molecular formula is C12H21NO3. The van der Waals surface area contributed by atoms with E-state index in [-0.39, 0.29) is 12.0 Å². The fourth-order valence-electron chi connectivity index (χ4n) is 2.25. The van der Waals surface area contributed by atoms with Gasteiger partial charge in [0, 0.05) is 12.5 Å². The minimum Gasteiger partial charge on any atom is -0.464 e. The summed E-state index contributed by atoms with van der Waals surface area (Å²) >= 11 is 0. The fourth-order valence-corrected chi connectivity index (χ4v) is 2.25. The van der Waals surface area contributed by atoms with Crippen molar-refractivity contribution in [1.29, 1.82) is 0 Å². The van der Waals surface area contributed by atoms with Gasteiger partial charge < -0.3 is 14.8 Å². The molecular weight excluding hydrogens is 206 g/mol. The Kier molecular flexibility index (Phi) is 4.60. The van der Waals surface area contributed by atoms with Crippen LogP contribution < -0.4 is 5.32 Å². The van der Waals surface area contributed by atoms with Crippen molar-refractivity contribution in [3.63, 3.8) is 0 Å². The molecule has 0 bridgehead atoms. The van der Waals surface area contributed by atoms with Gasteiger partial charge in [0.25, 0.3) is 0 Å². The van der Waals surface area contributed by atoms with Crippen LogP contribution in [0.3, 0.4) is 0 Å². The van der Waals surface area contributed by atoms with E-state index in [1.54, 1.807) is 0 Å². The molecule has 4 nitrogen and oxygen atoms in total. The Bertz CT molecular complexity index is 218. The van der Waals surface area contributed by atoms with E-state index in [1.165, 1.54) is 12.8 Å². The lowest BCUT2D eigenvalue weighted by Gasteiger charge is -2.16. The Morgan fingerprint density at radius 3 is 3.06 bits per heavy atom. The summed E-state index contributed by atoms with van der Waals surface area (Å²) in [6.07, 6.45) is 5.44. The van der Waals surface area contributed by atoms with Crippen LogP contribution in [0, 0.1) is 5.92 Å². The second-order valence-electron chi connectivity index (χ2n) is 4.72. The monoisotopic (exact) mass is 227 g/mol. The predicted octanol–water partition coefficient (Wildman–Crippen LogP) is 1.10. The van der Waals surface area contributed by atoms with Gasteiger partial charge in [-0.05, 0) is 25.8 Å². The number of carbonyl (C=O) groups is 1. The first kappa shape index (κ1) is 11.9. The van der Waals surface area contributed by atoms with E-state index in [1.807, 2.05) is 0 Å². The normalized spacial score (nSPS) is 31.0. The van der Waals surface area contributed by atoms with Crippen molar-refractivity contribution in [2.45, 2.75) is 38.1 Å². The molecule has 2 atom stereocenters. The SMILES string of the molecule is O=C(OCC1CCOC1)C1CCCCCN1. The van der Waals surface area contributed by atoms with Gasteiger partial charge in [-0.15, -0.1) is 0 Å². The van der Waals surface area contributed by atoms with E-state index in [9.17, 15) is 4.79 Å². The van der Waals surface area contributed by atoms with Crippen molar-refractivity contribution in [2.24, 2.45) is 5.92 Å². The van der Waals surface area contributed by atoms with E-state index < -0.39 is 0 Å². The summed E-state index contributed by atoms with van der Waals surface area (Å²) in [5.41, 5.74) is 0. The zero-order valence-corrected chi connectivity index (χ0v) is 9.74. The lowest BCUT2D eigenvalue weighted by molar-refractivity contribution is -0.147. The molecule has 0 aromatic rings. The minimum atomic E-state index is -0.0789. The summed E-state index contributed by atoms with van der Waals surface area (Å²) in [6.45, 7) is 3.01. The van der Waals surface area contributed by atoms with Crippen LogP contribution in [0.25, 0.3) is 0 Å². The predicted molar refractivity (Wildman–Crippen MR) is 60.1 cm³/mol. The topological polar surface area (TPSA) is 47.6 Å². The van der Waals surface area contributed by atoms with Crippen molar-refractivity contribution in [3.8, 4) is 0 Å². The van der Waals surface area contributed by atoms with Crippen molar-refractivity contribution in [1.82, 2.24) is 5.32 Å². The summed E-state index contributed by atoms with van der Waals surface area (Å²) in [5, 5.41) is 3.25. The molecule has 2 fully saturated rings. The summed E-state index contributed by atoms with van der Waals surface area (Å²) in [7, 11) is 0. The maximum atomic E-state index is 11.8. The second kappa shape index (κ2) is 6.21. The highest BCUT2D eigenvalue weighted by Gasteiger charge is 2.23. The quantitative estimate of drug-likeness (QED) is 0.733. The number of nitrogens with one attached hydrogen (secondary N) is 1. The van der Waals surface area contributed by atoms with E-state index in [0.29, 0.717) is 12.5 Å². The molecule has 0 radical (unpaired) electrons. The molecule has 16 heavy (non-hydrogen) atoms. The standard InChI is InChI=1S/C12H21NO3/c14-12(11-4-2-1-3-6-13-11)16-9-10-5-7-15-8-10/h10-11,13H,1-9H2. The number of rotatable bonds is 3. The van der Waals surface area contributed by atoms with Crippen LogP contribution in [-0.4, -0.2) is 38.4 Å². The van der Waals surface area contributed by atoms with E-state index in [4.69, 9.17) is 9.47 Å². The molecule has 2 aliphatic heterocycles. The molecule has 2 aliphatic rings. The van der Waals surface area contributed by atoms with Crippen LogP contribution in [0.15, 0.2) is 0 Å². The van der Waals surface area contributed by atoms with E-state index in [2.05, 4.69) is 5.32 Å². The number of ether oxygens (including phenoxy) is 2. The van der Waals surface area contributed by atoms with Crippen molar-refractivity contribution in [3.05, 3.63) is 0 Å². The molecule has 1 N–H and O–H groups in total. The fraction of sp³-hybridized carbons (Fsp3) is 0.917. The third-order valence-corrected chi connectivity index (χ3v) is 3.33. The highest BCUT2D eigenvalue weighted by molar-refractivity contribution is 5.75. The molecule has 2 rings (SSSR count). The van der Waals surface area contributed by atoms with Gasteiger partial charge in [-0.3, -0.25) is 4.79 Å². The van der Waals surface area contributed by atoms with Crippen molar-refractivity contribution in [2.75, 3.05) is 26.4 Å². The molecule has 2 heterocycles. The third-order valence-electron chi connectivity index (χ3n) is 3.33. The van der Waals surface area contributed by atoms with Gasteiger partial charge in [0.1, 0.15) is 6.04 Å². The second-order valence-corrected chi connectivity index (χ2v) is 4.72. The number of hydrogen-bond donors (Lipinski definition) is 1. The van der Waals surface area contributed by atoms with Gasteiger partial charge >= 0.3 is 5.97 Å². The van der Waals surface area contributed by atoms with Crippen LogP contribution in [0.4, 0.5) is 0 Å². The van der Waals surface area contributed by atoms with Crippen LogP contribution in [0.1, 0.15) is 32.1 Å². The zero-order valence-electron chi connectivity index (χ0n) is 9.74. The maximum absolute atomic E-state index is 11.8. The van der Waals surface area contributed by atoms with Gasteiger partial charge in [-0.2, -0.15) is 0 Å². The van der Waals surface area contributed by atoms with Gasteiger partial charge in [-0.1, -0.05) is 12.8 Å². The minimum absolute atomic E-state index is 0.0752. The number of esters is 1. The number of hydrogen-bond acceptors (Lipinski definition) is 4. The Morgan fingerprint density at radius 1 is 1.31 bits per heavy atom. The average molecular weight is 227 g/mol. The van der Waals surface area contributed by atoms with Crippen molar-refractivity contribution >= 4 is 5.97 Å². The van der Waals surface area contributed by atoms with Gasteiger partial charge in [0.2, 0.25) is 0 Å². The van der Waals surface area contributed by atoms with Crippen LogP contribution in [0.2, 0.25) is 0 Å². The summed E-state index contributed by atoms with van der Waals surface area (Å²) in [4.78, 5) is 11.8. The largest absolute Gasteiger partial charge is 0.464 e. The molecule has 92 valence electrons. The van der Waals surface area contributed by atoms with Crippen LogP contribution in [-0.2, 0) is 14.3 Å². The number of carbonyl (C=O) groups excluding carboxylic acids is 1. The lowest BCUT2D eigenvalue weighted by atomic mass is 10.1. The summed E-state index contributed by atoms with van der Waals surface area (Å²) in [6, 6.07) is -0.0789. The first-order valence-corrected chi connectivity index (χ1v) is 6.34. The first-order chi connectivity index (χ1) is 7.86. The molecule has 0 aliphatic carbocycles.